The summed E-state index contributed by atoms with van der Waals surface area (Å²) in [5, 5.41) is 9.19. The summed E-state index contributed by atoms with van der Waals surface area (Å²) < 4.78 is 28.0. The van der Waals surface area contributed by atoms with Gasteiger partial charge < -0.3 is 9.67 Å². The molecule has 0 radical (unpaired) electrons. The Morgan fingerprint density at radius 3 is 2.53 bits per heavy atom. The topological polar surface area (TPSA) is 84.2 Å². The number of rotatable bonds is 5. The van der Waals surface area contributed by atoms with Crippen LogP contribution in [0.4, 0.5) is 0 Å². The molecule has 1 heterocycles. The van der Waals surface area contributed by atoms with E-state index in [2.05, 4.69) is 9.71 Å². The third kappa shape index (κ3) is 3.79. The number of aliphatic hydroxyl groups excluding tert-OH is 1. The molecule has 6 nitrogen and oxygen atoms in total. The van der Waals surface area contributed by atoms with Gasteiger partial charge in [-0.1, -0.05) is 0 Å². The number of sulfonamides is 1. The molecule has 2 N–H and O–H groups in total. The lowest BCUT2D eigenvalue weighted by molar-refractivity contribution is 0.175. The van der Waals surface area contributed by atoms with Gasteiger partial charge in [0.25, 0.3) is 10.0 Å². The fourth-order valence-corrected chi connectivity index (χ4v) is 2.84. The van der Waals surface area contributed by atoms with E-state index in [1.54, 1.807) is 32.4 Å². The lowest BCUT2D eigenvalue weighted by atomic mass is 10.2. The van der Waals surface area contributed by atoms with Gasteiger partial charge in [0.15, 0.2) is 5.03 Å². The van der Waals surface area contributed by atoms with Gasteiger partial charge >= 0.3 is 0 Å². The summed E-state index contributed by atoms with van der Waals surface area (Å²) in [5.74, 6) is 0.633. The van der Waals surface area contributed by atoms with Crippen LogP contribution in [0.3, 0.4) is 0 Å². The van der Waals surface area contributed by atoms with E-state index in [1.807, 2.05) is 0 Å². The second kappa shape index (κ2) is 5.16. The van der Waals surface area contributed by atoms with Crippen LogP contribution in [-0.4, -0.2) is 35.2 Å². The maximum Gasteiger partial charge on any atom is 0.259 e. The number of aliphatic hydroxyl groups is 1. The van der Waals surface area contributed by atoms with Crippen molar-refractivity contribution >= 4 is 10.0 Å². The van der Waals surface area contributed by atoms with Crippen molar-refractivity contribution in [1.82, 2.24) is 14.3 Å². The van der Waals surface area contributed by atoms with Gasteiger partial charge in [0.2, 0.25) is 0 Å². The molecule has 0 fully saturated rings. The second-order valence-electron chi connectivity index (χ2n) is 4.34. The SMILES string of the molecule is Cc1nc(S(=O)(=O)NC(C)CC(C)O)cn1C. The van der Waals surface area contributed by atoms with Crippen LogP contribution in [0.5, 0.6) is 0 Å². The molecule has 1 rings (SSSR count). The van der Waals surface area contributed by atoms with Crippen molar-refractivity contribution in [2.45, 2.75) is 44.4 Å². The summed E-state index contributed by atoms with van der Waals surface area (Å²) in [6.45, 7) is 5.06. The zero-order valence-corrected chi connectivity index (χ0v) is 11.3. The molecular weight excluding hydrogens is 242 g/mol. The van der Waals surface area contributed by atoms with Crippen molar-refractivity contribution in [3.05, 3.63) is 12.0 Å². The number of imidazole rings is 1. The molecule has 0 bridgehead atoms. The van der Waals surface area contributed by atoms with Crippen LogP contribution in [0, 0.1) is 6.92 Å². The average molecular weight is 261 g/mol. The second-order valence-corrected chi connectivity index (χ2v) is 6.01. The third-order valence-corrected chi connectivity index (χ3v) is 3.87. The van der Waals surface area contributed by atoms with Gasteiger partial charge in [0, 0.05) is 19.3 Å². The van der Waals surface area contributed by atoms with Crippen molar-refractivity contribution in [2.24, 2.45) is 7.05 Å². The standard InChI is InChI=1S/C10H19N3O3S/c1-7(5-8(2)14)12-17(15,16)10-6-13(4)9(3)11-10/h6-8,12,14H,5H2,1-4H3. The number of aryl methyl sites for hydroxylation is 2. The van der Waals surface area contributed by atoms with E-state index in [0.717, 1.165) is 0 Å². The number of aromatic nitrogens is 2. The zero-order valence-electron chi connectivity index (χ0n) is 10.5. The van der Waals surface area contributed by atoms with Crippen LogP contribution in [-0.2, 0) is 17.1 Å². The molecule has 2 unspecified atom stereocenters. The molecule has 2 atom stereocenters. The Kier molecular flexibility index (Phi) is 4.29. The highest BCUT2D eigenvalue weighted by Crippen LogP contribution is 2.09. The number of hydrogen-bond acceptors (Lipinski definition) is 4. The van der Waals surface area contributed by atoms with Crippen molar-refractivity contribution < 1.29 is 13.5 Å². The maximum atomic E-state index is 11.9. The van der Waals surface area contributed by atoms with Crippen LogP contribution >= 0.6 is 0 Å². The van der Waals surface area contributed by atoms with Gasteiger partial charge in [0.1, 0.15) is 5.82 Å². The number of hydrogen-bond donors (Lipinski definition) is 2. The average Bonchev–Trinajstić information content (AvgIpc) is 2.44. The largest absolute Gasteiger partial charge is 0.393 e. The van der Waals surface area contributed by atoms with E-state index in [9.17, 15) is 13.5 Å². The first kappa shape index (κ1) is 14.1. The Hall–Kier alpha value is -0.920. The minimum atomic E-state index is -3.60. The highest BCUT2D eigenvalue weighted by Gasteiger charge is 2.21. The fraction of sp³-hybridized carbons (Fsp3) is 0.700. The highest BCUT2D eigenvalue weighted by molar-refractivity contribution is 7.89. The molecular formula is C10H19N3O3S. The molecule has 0 amide bonds. The van der Waals surface area contributed by atoms with Gasteiger partial charge in [-0.3, -0.25) is 0 Å². The van der Waals surface area contributed by atoms with Crippen LogP contribution < -0.4 is 4.72 Å². The van der Waals surface area contributed by atoms with Crippen molar-refractivity contribution in [3.8, 4) is 0 Å². The highest BCUT2D eigenvalue weighted by atomic mass is 32.2. The number of nitrogens with zero attached hydrogens (tertiary/aromatic N) is 2. The van der Waals surface area contributed by atoms with Crippen molar-refractivity contribution in [2.75, 3.05) is 0 Å². The maximum absolute atomic E-state index is 11.9. The first-order valence-electron chi connectivity index (χ1n) is 5.42. The monoisotopic (exact) mass is 261 g/mol. The zero-order chi connectivity index (χ0) is 13.2. The summed E-state index contributed by atoms with van der Waals surface area (Å²) >= 11 is 0. The minimum Gasteiger partial charge on any atom is -0.393 e. The predicted octanol–water partition coefficient (Wildman–Crippen LogP) is 0.166. The van der Waals surface area contributed by atoms with Gasteiger partial charge in [-0.15, -0.1) is 0 Å². The molecule has 1 aromatic heterocycles. The van der Waals surface area contributed by atoms with E-state index in [1.165, 1.54) is 6.20 Å². The summed E-state index contributed by atoms with van der Waals surface area (Å²) in [5.41, 5.74) is 0. The molecule has 1 aromatic rings. The Balaban J connectivity index is 2.82. The summed E-state index contributed by atoms with van der Waals surface area (Å²) in [4.78, 5) is 3.96. The molecule has 0 aromatic carbocycles. The van der Waals surface area contributed by atoms with E-state index >= 15 is 0 Å². The van der Waals surface area contributed by atoms with E-state index < -0.39 is 16.1 Å². The Labute approximate surface area is 102 Å². The van der Waals surface area contributed by atoms with Crippen LogP contribution in [0.15, 0.2) is 11.2 Å². The smallest absolute Gasteiger partial charge is 0.259 e. The fourth-order valence-electron chi connectivity index (χ4n) is 1.54. The van der Waals surface area contributed by atoms with Gasteiger partial charge in [0.05, 0.1) is 6.10 Å². The number of nitrogens with one attached hydrogen (secondary N) is 1. The molecule has 0 aliphatic heterocycles. The van der Waals surface area contributed by atoms with Crippen molar-refractivity contribution in [1.29, 1.82) is 0 Å². The van der Waals surface area contributed by atoms with Crippen LogP contribution in [0.2, 0.25) is 0 Å². The Morgan fingerprint density at radius 2 is 2.12 bits per heavy atom. The van der Waals surface area contributed by atoms with E-state index in [4.69, 9.17) is 0 Å². The first-order chi connectivity index (χ1) is 7.72. The summed E-state index contributed by atoms with van der Waals surface area (Å²) in [6.07, 6.45) is 1.29. The Morgan fingerprint density at radius 1 is 1.53 bits per heavy atom. The molecule has 0 spiro atoms. The van der Waals surface area contributed by atoms with Gasteiger partial charge in [-0.2, -0.15) is 0 Å². The molecule has 17 heavy (non-hydrogen) atoms. The minimum absolute atomic E-state index is 0.00921. The molecule has 0 aliphatic carbocycles. The van der Waals surface area contributed by atoms with Crippen LogP contribution in [0.1, 0.15) is 26.1 Å². The van der Waals surface area contributed by atoms with Crippen molar-refractivity contribution in [3.63, 3.8) is 0 Å². The Bertz CT molecular complexity index is 459. The summed E-state index contributed by atoms with van der Waals surface area (Å²) in [7, 11) is -1.86. The quantitative estimate of drug-likeness (QED) is 0.791. The van der Waals surface area contributed by atoms with E-state index in [0.29, 0.717) is 12.2 Å². The molecule has 7 heteroatoms. The first-order valence-corrected chi connectivity index (χ1v) is 6.91. The van der Waals surface area contributed by atoms with E-state index in [-0.39, 0.29) is 11.1 Å². The third-order valence-electron chi connectivity index (χ3n) is 2.41. The van der Waals surface area contributed by atoms with Gasteiger partial charge in [-0.25, -0.2) is 18.1 Å². The molecule has 98 valence electrons. The molecule has 0 saturated carbocycles. The summed E-state index contributed by atoms with van der Waals surface area (Å²) in [6, 6.07) is -0.331. The normalized spacial score (nSPS) is 15.8. The molecule has 0 aliphatic rings. The van der Waals surface area contributed by atoms with Gasteiger partial charge in [-0.05, 0) is 27.2 Å². The van der Waals surface area contributed by atoms with Crippen LogP contribution in [0.25, 0.3) is 0 Å². The lowest BCUT2D eigenvalue weighted by Crippen LogP contribution is -2.34. The lowest BCUT2D eigenvalue weighted by Gasteiger charge is -2.14. The molecule has 0 saturated heterocycles. The predicted molar refractivity (Wildman–Crippen MR) is 64.0 cm³/mol.